The van der Waals surface area contributed by atoms with E-state index in [9.17, 15) is 0 Å². The molecule has 1 aliphatic heterocycles. The summed E-state index contributed by atoms with van der Waals surface area (Å²) in [4.78, 5) is 0. The smallest absolute Gasteiger partial charge is 0.00649 e. The van der Waals surface area contributed by atoms with Crippen molar-refractivity contribution in [3.05, 3.63) is 0 Å². The first-order valence-electron chi connectivity index (χ1n) is 4.66. The van der Waals surface area contributed by atoms with Gasteiger partial charge in [-0.2, -0.15) is 11.8 Å². The third-order valence-electron chi connectivity index (χ3n) is 2.24. The van der Waals surface area contributed by atoms with Crippen LogP contribution in [0.15, 0.2) is 0 Å². The molecule has 0 bridgehead atoms. The van der Waals surface area contributed by atoms with E-state index in [-0.39, 0.29) is 0 Å². The molecule has 0 saturated carbocycles. The molecule has 0 nitrogen and oxygen atoms in total. The molecule has 1 heterocycles. The molecule has 0 aromatic carbocycles. The van der Waals surface area contributed by atoms with Crippen LogP contribution in [-0.4, -0.2) is 11.5 Å². The maximum Gasteiger partial charge on any atom is -0.00649 e. The Morgan fingerprint density at radius 1 is 1.18 bits per heavy atom. The maximum atomic E-state index is 2.36. The van der Waals surface area contributed by atoms with Crippen molar-refractivity contribution in [2.75, 3.05) is 11.5 Å². The van der Waals surface area contributed by atoms with E-state index in [0.717, 1.165) is 5.92 Å². The third-order valence-corrected chi connectivity index (χ3v) is 3.29. The Labute approximate surface area is 75.1 Å². The molecule has 11 heavy (non-hydrogen) atoms. The highest BCUT2D eigenvalue weighted by Crippen LogP contribution is 2.32. The number of rotatable bonds is 1. The van der Waals surface area contributed by atoms with Crippen LogP contribution in [0.3, 0.4) is 0 Å². The second-order valence-electron chi connectivity index (χ2n) is 4.82. The summed E-state index contributed by atoms with van der Waals surface area (Å²) in [5.74, 6) is 3.83. The highest BCUT2D eigenvalue weighted by atomic mass is 32.2. The Kier molecular flexibility index (Phi) is 3.29. The number of thioether (sulfide) groups is 1. The van der Waals surface area contributed by atoms with Crippen LogP contribution < -0.4 is 0 Å². The Balaban J connectivity index is 2.24. The summed E-state index contributed by atoms with van der Waals surface area (Å²) in [7, 11) is 0. The van der Waals surface area contributed by atoms with Gasteiger partial charge in [0.1, 0.15) is 0 Å². The molecule has 0 spiro atoms. The van der Waals surface area contributed by atoms with Gasteiger partial charge in [0.15, 0.2) is 0 Å². The Hall–Kier alpha value is 0.350. The fourth-order valence-corrected chi connectivity index (χ4v) is 3.02. The van der Waals surface area contributed by atoms with Crippen LogP contribution in [0.4, 0.5) is 0 Å². The summed E-state index contributed by atoms with van der Waals surface area (Å²) < 4.78 is 0. The normalized spacial score (nSPS) is 22.1. The van der Waals surface area contributed by atoms with Crippen LogP contribution in [0.2, 0.25) is 0 Å². The highest BCUT2D eigenvalue weighted by molar-refractivity contribution is 7.99. The molecule has 1 fully saturated rings. The topological polar surface area (TPSA) is 0 Å². The van der Waals surface area contributed by atoms with E-state index >= 15 is 0 Å². The molecule has 1 aliphatic rings. The van der Waals surface area contributed by atoms with Gasteiger partial charge in [-0.3, -0.25) is 0 Å². The second kappa shape index (κ2) is 3.84. The molecule has 66 valence electrons. The number of hydrogen-bond acceptors (Lipinski definition) is 1. The van der Waals surface area contributed by atoms with E-state index < -0.39 is 0 Å². The third kappa shape index (κ3) is 4.05. The lowest BCUT2D eigenvalue weighted by Gasteiger charge is -2.28. The molecule has 1 heteroatoms. The average Bonchev–Trinajstić information content (AvgIpc) is 1.85. The zero-order chi connectivity index (χ0) is 8.32. The molecule has 0 aliphatic carbocycles. The minimum atomic E-state index is 0.548. The van der Waals surface area contributed by atoms with Gasteiger partial charge in [0.2, 0.25) is 0 Å². The molecule has 0 unspecified atom stereocenters. The van der Waals surface area contributed by atoms with Crippen molar-refractivity contribution in [1.82, 2.24) is 0 Å². The molecular formula is C10H20S. The lowest BCUT2D eigenvalue weighted by Crippen LogP contribution is -2.17. The summed E-state index contributed by atoms with van der Waals surface area (Å²) in [6.07, 6.45) is 4.34. The molecule has 0 aromatic heterocycles. The van der Waals surface area contributed by atoms with E-state index in [1.807, 2.05) is 0 Å². The minimum absolute atomic E-state index is 0.548. The predicted molar refractivity (Wildman–Crippen MR) is 54.1 cm³/mol. The minimum Gasteiger partial charge on any atom is -0.162 e. The first kappa shape index (κ1) is 9.44. The van der Waals surface area contributed by atoms with Crippen molar-refractivity contribution in [2.45, 2.75) is 40.0 Å². The molecule has 0 N–H and O–H groups in total. The predicted octanol–water partition coefficient (Wildman–Crippen LogP) is 3.57. The van der Waals surface area contributed by atoms with Crippen molar-refractivity contribution < 1.29 is 0 Å². The zero-order valence-electron chi connectivity index (χ0n) is 8.02. The standard InChI is InChI=1S/C10H20S/c1-10(2,3)8-9-4-6-11-7-5-9/h9H,4-8H2,1-3H3. The first-order chi connectivity index (χ1) is 5.08. The van der Waals surface area contributed by atoms with E-state index in [2.05, 4.69) is 32.5 Å². The van der Waals surface area contributed by atoms with E-state index in [4.69, 9.17) is 0 Å². The SMILES string of the molecule is CC(C)(C)CC1CCSCC1. The fraction of sp³-hybridized carbons (Fsp3) is 1.00. The monoisotopic (exact) mass is 172 g/mol. The van der Waals surface area contributed by atoms with E-state index in [1.165, 1.54) is 30.8 Å². The zero-order valence-corrected chi connectivity index (χ0v) is 8.84. The lowest BCUT2D eigenvalue weighted by atomic mass is 9.82. The van der Waals surface area contributed by atoms with Gasteiger partial charge in [0.25, 0.3) is 0 Å². The summed E-state index contributed by atoms with van der Waals surface area (Å²) >= 11 is 2.12. The largest absolute Gasteiger partial charge is 0.162 e. The highest BCUT2D eigenvalue weighted by Gasteiger charge is 2.20. The van der Waals surface area contributed by atoms with Crippen molar-refractivity contribution in [1.29, 1.82) is 0 Å². The van der Waals surface area contributed by atoms with Crippen LogP contribution in [-0.2, 0) is 0 Å². The van der Waals surface area contributed by atoms with Crippen LogP contribution in [0, 0.1) is 11.3 Å². The van der Waals surface area contributed by atoms with Gasteiger partial charge in [-0.05, 0) is 42.1 Å². The van der Waals surface area contributed by atoms with Crippen molar-refractivity contribution in [3.63, 3.8) is 0 Å². The van der Waals surface area contributed by atoms with Gasteiger partial charge in [-0.1, -0.05) is 20.8 Å². The van der Waals surface area contributed by atoms with Gasteiger partial charge in [-0.15, -0.1) is 0 Å². The Bertz CT molecular complexity index is 107. The fourth-order valence-electron chi connectivity index (χ4n) is 1.82. The molecule has 0 atom stereocenters. The molecule has 0 amide bonds. The van der Waals surface area contributed by atoms with Gasteiger partial charge in [-0.25, -0.2) is 0 Å². The quantitative estimate of drug-likeness (QED) is 0.583. The summed E-state index contributed by atoms with van der Waals surface area (Å²) in [5, 5.41) is 0. The maximum absolute atomic E-state index is 2.36. The van der Waals surface area contributed by atoms with Crippen LogP contribution in [0.25, 0.3) is 0 Å². The molecular weight excluding hydrogens is 152 g/mol. The summed E-state index contributed by atoms with van der Waals surface area (Å²) in [6.45, 7) is 7.07. The van der Waals surface area contributed by atoms with Crippen LogP contribution >= 0.6 is 11.8 Å². The van der Waals surface area contributed by atoms with Gasteiger partial charge in [0.05, 0.1) is 0 Å². The van der Waals surface area contributed by atoms with Crippen molar-refractivity contribution >= 4 is 11.8 Å². The summed E-state index contributed by atoms with van der Waals surface area (Å²) in [5.41, 5.74) is 0.548. The second-order valence-corrected chi connectivity index (χ2v) is 6.05. The molecule has 0 radical (unpaired) electrons. The van der Waals surface area contributed by atoms with Crippen molar-refractivity contribution in [2.24, 2.45) is 11.3 Å². The average molecular weight is 172 g/mol. The van der Waals surface area contributed by atoms with Crippen molar-refractivity contribution in [3.8, 4) is 0 Å². The van der Waals surface area contributed by atoms with Gasteiger partial charge in [0, 0.05) is 0 Å². The van der Waals surface area contributed by atoms with Gasteiger partial charge < -0.3 is 0 Å². The van der Waals surface area contributed by atoms with Gasteiger partial charge >= 0.3 is 0 Å². The van der Waals surface area contributed by atoms with Crippen LogP contribution in [0.5, 0.6) is 0 Å². The molecule has 1 rings (SSSR count). The first-order valence-corrected chi connectivity index (χ1v) is 5.81. The van der Waals surface area contributed by atoms with E-state index in [1.54, 1.807) is 0 Å². The van der Waals surface area contributed by atoms with Crippen LogP contribution in [0.1, 0.15) is 40.0 Å². The Morgan fingerprint density at radius 2 is 1.73 bits per heavy atom. The molecule has 0 aromatic rings. The lowest BCUT2D eigenvalue weighted by molar-refractivity contribution is 0.281. The Morgan fingerprint density at radius 3 is 2.18 bits per heavy atom. The molecule has 1 saturated heterocycles. The van der Waals surface area contributed by atoms with E-state index in [0.29, 0.717) is 5.41 Å². The number of hydrogen-bond donors (Lipinski definition) is 0. The summed E-state index contributed by atoms with van der Waals surface area (Å²) in [6, 6.07) is 0.